The highest BCUT2D eigenvalue weighted by Gasteiger charge is 2.33. The molecule has 0 amide bonds. The number of aromatic nitrogens is 3. The third-order valence-electron chi connectivity index (χ3n) is 5.21. The van der Waals surface area contributed by atoms with Gasteiger partial charge in [0, 0.05) is 50.0 Å². The molecule has 2 aromatic carbocycles. The molecule has 0 radical (unpaired) electrons. The van der Waals surface area contributed by atoms with E-state index in [0.29, 0.717) is 11.3 Å². The van der Waals surface area contributed by atoms with Crippen LogP contribution >= 0.6 is 23.2 Å². The van der Waals surface area contributed by atoms with Crippen LogP contribution in [-0.4, -0.2) is 20.5 Å². The lowest BCUT2D eigenvalue weighted by atomic mass is 10.0. The van der Waals surface area contributed by atoms with Gasteiger partial charge in [-0.15, -0.1) is 0 Å². The molecular weight excluding hydrogens is 521 g/mol. The number of hydrogen-bond acceptors (Lipinski definition) is 4. The number of ether oxygens (including phenoxy) is 1. The fourth-order valence-electron chi connectivity index (χ4n) is 3.51. The first-order chi connectivity index (χ1) is 17.0. The number of carbonyl (C=O) groups is 1. The van der Waals surface area contributed by atoms with Crippen LogP contribution in [0.2, 0.25) is 10.0 Å². The van der Waals surface area contributed by atoms with Crippen LogP contribution in [0.3, 0.4) is 0 Å². The van der Waals surface area contributed by atoms with Crippen molar-refractivity contribution < 1.29 is 27.1 Å². The summed E-state index contributed by atoms with van der Waals surface area (Å²) >= 11 is 12.0. The molecular formula is C25H17Cl2F4N3O2. The topological polar surface area (TPSA) is 57.0 Å². The third kappa shape index (κ3) is 5.85. The molecule has 186 valence electrons. The third-order valence-corrected chi connectivity index (χ3v) is 5.90. The minimum atomic E-state index is -4.64. The minimum absolute atomic E-state index is 0.0780. The Hall–Kier alpha value is -3.43. The van der Waals surface area contributed by atoms with Crippen molar-refractivity contribution in [2.24, 2.45) is 7.05 Å². The van der Waals surface area contributed by atoms with Gasteiger partial charge in [0.2, 0.25) is 0 Å². The molecule has 0 aliphatic carbocycles. The Labute approximate surface area is 213 Å². The largest absolute Gasteiger partial charge is 0.456 e. The van der Waals surface area contributed by atoms with Crippen molar-refractivity contribution in [2.75, 3.05) is 0 Å². The summed E-state index contributed by atoms with van der Waals surface area (Å²) in [5.74, 6) is -0.777. The second kappa shape index (κ2) is 10.3. The number of halogens is 6. The Morgan fingerprint density at radius 2 is 1.86 bits per heavy atom. The van der Waals surface area contributed by atoms with E-state index in [4.69, 9.17) is 27.9 Å². The zero-order valence-electron chi connectivity index (χ0n) is 18.6. The SMILES string of the molecule is Cn1cc(-c2nccc(Oc3ccc(CC(=O)Cc4ccc(Cl)c(C(F)(F)F)c4)c(F)c3)c2Cl)cn1. The molecule has 2 aromatic heterocycles. The van der Waals surface area contributed by atoms with Gasteiger partial charge in [0.1, 0.15) is 28.1 Å². The smallest absolute Gasteiger partial charge is 0.417 e. The fourth-order valence-corrected chi connectivity index (χ4v) is 4.00. The first kappa shape index (κ1) is 25.7. The number of Topliss-reactive ketones (excluding diaryl/α,β-unsaturated/α-hetero) is 1. The van der Waals surface area contributed by atoms with Crippen molar-refractivity contribution >= 4 is 29.0 Å². The van der Waals surface area contributed by atoms with E-state index in [-0.39, 0.29) is 40.5 Å². The fraction of sp³-hybridized carbons (Fsp3) is 0.160. The van der Waals surface area contributed by atoms with Crippen LogP contribution in [0.1, 0.15) is 16.7 Å². The van der Waals surface area contributed by atoms with E-state index in [0.717, 1.165) is 18.2 Å². The van der Waals surface area contributed by atoms with E-state index in [9.17, 15) is 22.4 Å². The molecule has 4 rings (SSSR count). The lowest BCUT2D eigenvalue weighted by molar-refractivity contribution is -0.137. The number of rotatable bonds is 7. The van der Waals surface area contributed by atoms with Crippen LogP contribution in [0.5, 0.6) is 11.5 Å². The Morgan fingerprint density at radius 3 is 2.53 bits per heavy atom. The Bertz CT molecular complexity index is 1440. The highest BCUT2D eigenvalue weighted by molar-refractivity contribution is 6.34. The molecule has 0 atom stereocenters. The molecule has 11 heteroatoms. The molecule has 0 saturated carbocycles. The number of benzene rings is 2. The predicted molar refractivity (Wildman–Crippen MR) is 127 cm³/mol. The van der Waals surface area contributed by atoms with E-state index in [2.05, 4.69) is 10.1 Å². The summed E-state index contributed by atoms with van der Waals surface area (Å²) in [4.78, 5) is 16.7. The standard InChI is InChI=1S/C25H17Cl2F4N3O2/c1-34-13-16(12-33-34)24-23(27)22(6-7-32-24)36-18-4-3-15(21(28)11-18)10-17(35)8-14-2-5-20(26)19(9-14)25(29,30)31/h2-7,9,11-13H,8,10H2,1H3. The van der Waals surface area contributed by atoms with E-state index in [1.54, 1.807) is 24.1 Å². The van der Waals surface area contributed by atoms with Crippen molar-refractivity contribution in [3.63, 3.8) is 0 Å². The van der Waals surface area contributed by atoms with E-state index < -0.39 is 28.4 Å². The zero-order valence-corrected chi connectivity index (χ0v) is 20.1. The van der Waals surface area contributed by atoms with Gasteiger partial charge in [-0.3, -0.25) is 14.5 Å². The number of carbonyl (C=O) groups excluding carboxylic acids is 1. The summed E-state index contributed by atoms with van der Waals surface area (Å²) in [6, 6.07) is 8.72. The molecule has 0 unspecified atom stereocenters. The van der Waals surface area contributed by atoms with Crippen molar-refractivity contribution in [2.45, 2.75) is 19.0 Å². The molecule has 0 N–H and O–H groups in total. The van der Waals surface area contributed by atoms with Crippen LogP contribution in [0.4, 0.5) is 17.6 Å². The van der Waals surface area contributed by atoms with Gasteiger partial charge in [-0.1, -0.05) is 35.3 Å². The maximum Gasteiger partial charge on any atom is 0.417 e. The molecule has 0 aliphatic rings. The summed E-state index contributed by atoms with van der Waals surface area (Å²) in [5.41, 5.74) is 0.309. The molecule has 36 heavy (non-hydrogen) atoms. The van der Waals surface area contributed by atoms with E-state index in [1.165, 1.54) is 30.5 Å². The Balaban J connectivity index is 1.46. The number of aryl methyl sites for hydroxylation is 1. The Kier molecular flexibility index (Phi) is 7.33. The molecule has 0 bridgehead atoms. The highest BCUT2D eigenvalue weighted by Crippen LogP contribution is 2.37. The number of nitrogens with zero attached hydrogens (tertiary/aromatic N) is 3. The maximum atomic E-state index is 14.7. The number of hydrogen-bond donors (Lipinski definition) is 0. The second-order valence-corrected chi connectivity index (χ2v) is 8.72. The average molecular weight is 538 g/mol. The molecule has 2 heterocycles. The zero-order chi connectivity index (χ0) is 26.0. The van der Waals surface area contributed by atoms with Crippen LogP contribution in [0, 0.1) is 5.82 Å². The predicted octanol–water partition coefficient (Wildman–Crippen LogP) is 7.09. The molecule has 0 spiro atoms. The van der Waals surface area contributed by atoms with Crippen molar-refractivity contribution in [1.29, 1.82) is 0 Å². The van der Waals surface area contributed by atoms with Gasteiger partial charge >= 0.3 is 6.18 Å². The first-order valence-electron chi connectivity index (χ1n) is 10.5. The minimum Gasteiger partial charge on any atom is -0.456 e. The van der Waals surface area contributed by atoms with Crippen LogP contribution < -0.4 is 4.74 Å². The summed E-state index contributed by atoms with van der Waals surface area (Å²) in [7, 11) is 1.75. The lowest BCUT2D eigenvalue weighted by Gasteiger charge is -2.12. The molecule has 0 fully saturated rings. The lowest BCUT2D eigenvalue weighted by Crippen LogP contribution is -2.10. The van der Waals surface area contributed by atoms with Crippen molar-refractivity contribution in [3.8, 4) is 22.8 Å². The number of ketones is 1. The monoisotopic (exact) mass is 537 g/mol. The number of pyridine rings is 1. The van der Waals surface area contributed by atoms with Crippen molar-refractivity contribution in [3.05, 3.63) is 93.6 Å². The van der Waals surface area contributed by atoms with Gasteiger partial charge in [-0.05, 0) is 29.3 Å². The summed E-state index contributed by atoms with van der Waals surface area (Å²) in [5, 5.41) is 3.84. The summed E-state index contributed by atoms with van der Waals surface area (Å²) < 4.78 is 61.2. The normalized spacial score (nSPS) is 11.5. The first-order valence-corrected chi connectivity index (χ1v) is 11.2. The van der Waals surface area contributed by atoms with Crippen LogP contribution in [0.15, 0.2) is 61.1 Å². The quantitative estimate of drug-likeness (QED) is 0.236. The van der Waals surface area contributed by atoms with Gasteiger partial charge in [0.25, 0.3) is 0 Å². The van der Waals surface area contributed by atoms with Gasteiger partial charge in [-0.2, -0.15) is 18.3 Å². The molecule has 0 aliphatic heterocycles. The van der Waals surface area contributed by atoms with E-state index in [1.807, 2.05) is 0 Å². The summed E-state index contributed by atoms with van der Waals surface area (Å²) in [6.07, 6.45) is -0.434. The van der Waals surface area contributed by atoms with Crippen molar-refractivity contribution in [1.82, 2.24) is 14.8 Å². The van der Waals surface area contributed by atoms with Crippen LogP contribution in [-0.2, 0) is 30.9 Å². The van der Waals surface area contributed by atoms with Gasteiger partial charge in [0.05, 0.1) is 22.5 Å². The number of alkyl halides is 3. The average Bonchev–Trinajstić information content (AvgIpc) is 3.23. The molecule has 0 saturated heterocycles. The molecule has 4 aromatic rings. The van der Waals surface area contributed by atoms with Gasteiger partial charge in [0.15, 0.2) is 0 Å². The Morgan fingerprint density at radius 1 is 1.08 bits per heavy atom. The summed E-state index contributed by atoms with van der Waals surface area (Å²) in [6.45, 7) is 0. The molecule has 5 nitrogen and oxygen atoms in total. The second-order valence-electron chi connectivity index (χ2n) is 7.93. The van der Waals surface area contributed by atoms with Gasteiger partial charge in [-0.25, -0.2) is 4.39 Å². The van der Waals surface area contributed by atoms with Crippen LogP contribution in [0.25, 0.3) is 11.3 Å². The van der Waals surface area contributed by atoms with Gasteiger partial charge < -0.3 is 4.74 Å². The van der Waals surface area contributed by atoms with E-state index >= 15 is 0 Å². The highest BCUT2D eigenvalue weighted by atomic mass is 35.5. The maximum absolute atomic E-state index is 14.7.